The van der Waals surface area contributed by atoms with E-state index in [-0.39, 0.29) is 12.5 Å². The molecule has 0 aromatic rings. The number of carbonyl (C=O) groups excluding carboxylic acids is 2. The Morgan fingerprint density at radius 1 is 1.50 bits per heavy atom. The molecule has 0 aliphatic carbocycles. The molecular formula is C13H22N2O3. The zero-order chi connectivity index (χ0) is 13.6. The number of esters is 1. The molecule has 18 heavy (non-hydrogen) atoms. The number of unbranched alkanes of at least 4 members (excludes halogenated alkanes) is 1. The van der Waals surface area contributed by atoms with E-state index in [9.17, 15) is 9.59 Å². The lowest BCUT2D eigenvalue weighted by Crippen LogP contribution is -2.47. The van der Waals surface area contributed by atoms with E-state index in [1.807, 2.05) is 4.90 Å². The topological polar surface area (TPSA) is 58.4 Å². The molecule has 1 fully saturated rings. The van der Waals surface area contributed by atoms with E-state index in [0.29, 0.717) is 13.1 Å². The van der Waals surface area contributed by atoms with E-state index in [2.05, 4.69) is 18.8 Å². The van der Waals surface area contributed by atoms with Crippen molar-refractivity contribution in [3.63, 3.8) is 0 Å². The average molecular weight is 254 g/mol. The molecule has 0 radical (unpaired) electrons. The van der Waals surface area contributed by atoms with Gasteiger partial charge in [-0.15, -0.1) is 6.58 Å². The van der Waals surface area contributed by atoms with Gasteiger partial charge in [-0.3, -0.25) is 9.69 Å². The first-order chi connectivity index (χ1) is 8.63. The lowest BCUT2D eigenvalue weighted by atomic mass is 10.1. The third kappa shape index (κ3) is 2.90. The highest BCUT2D eigenvalue weighted by molar-refractivity contribution is 6.11. The van der Waals surface area contributed by atoms with E-state index in [0.717, 1.165) is 19.4 Å². The quantitative estimate of drug-likeness (QED) is 0.300. The normalized spacial score (nSPS) is 25.3. The Morgan fingerprint density at radius 2 is 2.22 bits per heavy atom. The standard InChI is InChI=1S/C13H22N2O3/c1-4-7-9-15-10-13(15,12(17)18-6-3)11(16)14-8-5-2/h5H,2,4,6-10H2,1,3H3,(H,14,16). The van der Waals surface area contributed by atoms with Crippen molar-refractivity contribution in [2.24, 2.45) is 0 Å². The van der Waals surface area contributed by atoms with Crippen LogP contribution in [-0.2, 0) is 14.3 Å². The summed E-state index contributed by atoms with van der Waals surface area (Å²) in [6.07, 6.45) is 3.59. The Kier molecular flexibility index (Phi) is 5.34. The fourth-order valence-electron chi connectivity index (χ4n) is 1.92. The lowest BCUT2D eigenvalue weighted by molar-refractivity contribution is -0.151. The first kappa shape index (κ1) is 14.7. The van der Waals surface area contributed by atoms with Crippen molar-refractivity contribution in [3.05, 3.63) is 12.7 Å². The number of nitrogens with one attached hydrogen (secondary N) is 1. The molecule has 5 heteroatoms. The number of rotatable bonds is 8. The van der Waals surface area contributed by atoms with Crippen molar-refractivity contribution >= 4 is 11.9 Å². The van der Waals surface area contributed by atoms with Crippen LogP contribution in [0.1, 0.15) is 26.7 Å². The molecule has 0 spiro atoms. The van der Waals surface area contributed by atoms with Crippen LogP contribution in [0.3, 0.4) is 0 Å². The zero-order valence-corrected chi connectivity index (χ0v) is 11.2. The highest BCUT2D eigenvalue weighted by Crippen LogP contribution is 2.34. The molecule has 1 amide bonds. The van der Waals surface area contributed by atoms with E-state index >= 15 is 0 Å². The first-order valence-corrected chi connectivity index (χ1v) is 6.44. The third-order valence-electron chi connectivity index (χ3n) is 3.03. The summed E-state index contributed by atoms with van der Waals surface area (Å²) >= 11 is 0. The minimum absolute atomic E-state index is 0.281. The maximum atomic E-state index is 12.1. The van der Waals surface area contributed by atoms with Gasteiger partial charge in [-0.05, 0) is 19.9 Å². The molecule has 0 aromatic carbocycles. The van der Waals surface area contributed by atoms with Gasteiger partial charge < -0.3 is 10.1 Å². The number of hydrogen-bond acceptors (Lipinski definition) is 4. The molecule has 1 N–H and O–H groups in total. The van der Waals surface area contributed by atoms with Crippen LogP contribution in [-0.4, -0.2) is 48.6 Å². The van der Waals surface area contributed by atoms with Gasteiger partial charge in [0.05, 0.1) is 6.61 Å². The monoisotopic (exact) mass is 254 g/mol. The van der Waals surface area contributed by atoms with Crippen LogP contribution in [0.15, 0.2) is 12.7 Å². The predicted octanol–water partition coefficient (Wildman–Crippen LogP) is 0.706. The summed E-state index contributed by atoms with van der Waals surface area (Å²) in [5.41, 5.74) is -1.09. The molecular weight excluding hydrogens is 232 g/mol. The van der Waals surface area contributed by atoms with Crippen molar-refractivity contribution in [1.29, 1.82) is 0 Å². The molecule has 1 aliphatic rings. The summed E-state index contributed by atoms with van der Waals surface area (Å²) in [6.45, 7) is 9.21. The second kappa shape index (κ2) is 6.54. The smallest absolute Gasteiger partial charge is 0.337 e. The summed E-state index contributed by atoms with van der Waals surface area (Å²) in [6, 6.07) is 0. The molecule has 2 atom stereocenters. The van der Waals surface area contributed by atoms with Gasteiger partial charge in [-0.25, -0.2) is 4.79 Å². The van der Waals surface area contributed by atoms with Gasteiger partial charge in [0.15, 0.2) is 0 Å². The number of ether oxygens (including phenoxy) is 1. The second-order valence-electron chi connectivity index (χ2n) is 4.35. The average Bonchev–Trinajstić information content (AvgIpc) is 3.09. The number of nitrogens with zero attached hydrogens (tertiary/aromatic N) is 1. The van der Waals surface area contributed by atoms with Gasteiger partial charge >= 0.3 is 5.97 Å². The van der Waals surface area contributed by atoms with Crippen molar-refractivity contribution in [3.8, 4) is 0 Å². The molecule has 1 heterocycles. The van der Waals surface area contributed by atoms with Crippen molar-refractivity contribution in [1.82, 2.24) is 10.2 Å². The molecule has 2 unspecified atom stereocenters. The minimum atomic E-state index is -1.09. The van der Waals surface area contributed by atoms with Crippen LogP contribution >= 0.6 is 0 Å². The predicted molar refractivity (Wildman–Crippen MR) is 69.1 cm³/mol. The van der Waals surface area contributed by atoms with Crippen LogP contribution in [0.5, 0.6) is 0 Å². The molecule has 1 rings (SSSR count). The van der Waals surface area contributed by atoms with E-state index in [1.54, 1.807) is 13.0 Å². The lowest BCUT2D eigenvalue weighted by Gasteiger charge is -2.15. The van der Waals surface area contributed by atoms with Crippen LogP contribution in [0, 0.1) is 0 Å². The fraction of sp³-hybridized carbons (Fsp3) is 0.692. The maximum Gasteiger partial charge on any atom is 0.337 e. The highest BCUT2D eigenvalue weighted by atomic mass is 16.5. The first-order valence-electron chi connectivity index (χ1n) is 6.44. The molecule has 1 aliphatic heterocycles. The van der Waals surface area contributed by atoms with Crippen LogP contribution in [0.25, 0.3) is 0 Å². The number of amides is 1. The van der Waals surface area contributed by atoms with Crippen molar-refractivity contribution in [2.45, 2.75) is 32.2 Å². The van der Waals surface area contributed by atoms with E-state index in [1.165, 1.54) is 0 Å². The number of hydrogen-bond donors (Lipinski definition) is 1. The largest absolute Gasteiger partial charge is 0.464 e. The van der Waals surface area contributed by atoms with Gasteiger partial charge in [-0.1, -0.05) is 19.4 Å². The Bertz CT molecular complexity index is 330. The van der Waals surface area contributed by atoms with Gasteiger partial charge in [-0.2, -0.15) is 0 Å². The van der Waals surface area contributed by atoms with E-state index < -0.39 is 11.5 Å². The fourth-order valence-corrected chi connectivity index (χ4v) is 1.92. The third-order valence-corrected chi connectivity index (χ3v) is 3.03. The summed E-state index contributed by atoms with van der Waals surface area (Å²) in [7, 11) is 0. The Morgan fingerprint density at radius 3 is 2.78 bits per heavy atom. The molecule has 0 bridgehead atoms. The minimum Gasteiger partial charge on any atom is -0.464 e. The van der Waals surface area contributed by atoms with Gasteiger partial charge in [0.1, 0.15) is 0 Å². The van der Waals surface area contributed by atoms with Gasteiger partial charge in [0, 0.05) is 13.1 Å². The Balaban J connectivity index is 2.68. The molecule has 5 nitrogen and oxygen atoms in total. The number of carbonyl (C=O) groups is 2. The van der Waals surface area contributed by atoms with E-state index in [4.69, 9.17) is 4.74 Å². The summed E-state index contributed by atoms with van der Waals surface area (Å²) in [4.78, 5) is 25.9. The highest BCUT2D eigenvalue weighted by Gasteiger charge is 2.64. The Labute approximate surface area is 108 Å². The second-order valence-corrected chi connectivity index (χ2v) is 4.35. The zero-order valence-electron chi connectivity index (χ0n) is 11.2. The van der Waals surface area contributed by atoms with Crippen LogP contribution in [0.2, 0.25) is 0 Å². The molecule has 1 saturated heterocycles. The Hall–Kier alpha value is -1.36. The molecule has 0 saturated carbocycles. The summed E-state index contributed by atoms with van der Waals surface area (Å²) in [5.74, 6) is -0.723. The van der Waals surface area contributed by atoms with Crippen molar-refractivity contribution < 1.29 is 14.3 Å². The van der Waals surface area contributed by atoms with Gasteiger partial charge in [0.2, 0.25) is 5.54 Å². The van der Waals surface area contributed by atoms with Gasteiger partial charge in [0.25, 0.3) is 5.91 Å². The van der Waals surface area contributed by atoms with Crippen LogP contribution < -0.4 is 5.32 Å². The SMILES string of the molecule is C=CCNC(=O)C1(C(=O)OCC)CN1CCCC. The summed E-state index contributed by atoms with van der Waals surface area (Å²) in [5, 5.41) is 2.68. The van der Waals surface area contributed by atoms with Crippen molar-refractivity contribution in [2.75, 3.05) is 26.2 Å². The maximum absolute atomic E-state index is 12.1. The molecule has 102 valence electrons. The summed E-state index contributed by atoms with van der Waals surface area (Å²) < 4.78 is 5.01. The molecule has 0 aromatic heterocycles. The van der Waals surface area contributed by atoms with Crippen LogP contribution in [0.4, 0.5) is 0 Å².